The molecule has 0 aliphatic rings. The maximum absolute atomic E-state index is 13.2. The first-order valence-corrected chi connectivity index (χ1v) is 6.66. The number of rotatable bonds is 4. The maximum Gasteiger partial charge on any atom is 0.234 e. The topological polar surface area (TPSA) is 55.1 Å². The number of nitrogens with one attached hydrogen (secondary N) is 1. The average molecular weight is 276 g/mol. The number of halogens is 1. The highest BCUT2D eigenvalue weighted by Gasteiger charge is 2.05. The molecule has 2 aromatic carbocycles. The normalized spacial score (nSPS) is 10.2. The Kier molecular flexibility index (Phi) is 4.41. The molecule has 0 fully saturated rings. The first-order valence-electron chi connectivity index (χ1n) is 5.68. The molecule has 0 saturated heterocycles. The molecule has 0 aliphatic carbocycles. The lowest BCUT2D eigenvalue weighted by Gasteiger charge is -2.05. The smallest absolute Gasteiger partial charge is 0.234 e. The van der Waals surface area contributed by atoms with Gasteiger partial charge in [-0.15, -0.1) is 11.8 Å². The molecule has 1 amide bonds. The molecule has 5 heteroatoms. The van der Waals surface area contributed by atoms with Gasteiger partial charge in [-0.05, 0) is 30.3 Å². The first kappa shape index (κ1) is 13.4. The number of amides is 1. The van der Waals surface area contributed by atoms with E-state index in [-0.39, 0.29) is 17.3 Å². The number of thioether (sulfide) groups is 1. The number of para-hydroxylation sites is 1. The molecule has 0 aliphatic heterocycles. The van der Waals surface area contributed by atoms with Crippen LogP contribution in [0.15, 0.2) is 53.4 Å². The minimum absolute atomic E-state index is 0.109. The number of hydrogen-bond acceptors (Lipinski definition) is 3. The summed E-state index contributed by atoms with van der Waals surface area (Å²) < 4.78 is 13.2. The molecule has 0 heterocycles. The lowest BCUT2D eigenvalue weighted by Crippen LogP contribution is -2.13. The average Bonchev–Trinajstić information content (AvgIpc) is 2.41. The molecule has 19 heavy (non-hydrogen) atoms. The quantitative estimate of drug-likeness (QED) is 0.666. The van der Waals surface area contributed by atoms with Crippen molar-refractivity contribution in [1.29, 1.82) is 0 Å². The predicted octanol–water partition coefficient (Wildman–Crippen LogP) is 3.14. The van der Waals surface area contributed by atoms with Gasteiger partial charge in [0.1, 0.15) is 5.82 Å². The number of nitrogens with two attached hydrogens (primary N) is 1. The van der Waals surface area contributed by atoms with Gasteiger partial charge in [-0.1, -0.05) is 18.2 Å². The molecular formula is C14H13FN2OS. The van der Waals surface area contributed by atoms with Crippen molar-refractivity contribution in [3.63, 3.8) is 0 Å². The summed E-state index contributed by atoms with van der Waals surface area (Å²) >= 11 is 1.26. The third-order valence-electron chi connectivity index (χ3n) is 2.40. The van der Waals surface area contributed by atoms with Gasteiger partial charge in [0.15, 0.2) is 0 Å². The summed E-state index contributed by atoms with van der Waals surface area (Å²) in [6, 6.07) is 13.7. The van der Waals surface area contributed by atoms with Crippen LogP contribution in [-0.4, -0.2) is 11.7 Å². The lowest BCUT2D eigenvalue weighted by atomic mass is 10.3. The zero-order chi connectivity index (χ0) is 13.7. The molecular weight excluding hydrogens is 263 g/mol. The Bertz CT molecular complexity index is 575. The van der Waals surface area contributed by atoms with Crippen molar-refractivity contribution in [3.05, 3.63) is 54.3 Å². The Morgan fingerprint density at radius 3 is 2.63 bits per heavy atom. The van der Waals surface area contributed by atoms with Gasteiger partial charge in [0.2, 0.25) is 5.91 Å². The minimum atomic E-state index is -0.464. The SMILES string of the molecule is Nc1ccc(SCC(=O)Nc2ccccc2)cc1F. The Morgan fingerprint density at radius 1 is 1.21 bits per heavy atom. The monoisotopic (exact) mass is 276 g/mol. The fourth-order valence-corrected chi connectivity index (χ4v) is 2.19. The van der Waals surface area contributed by atoms with Gasteiger partial charge in [-0.2, -0.15) is 0 Å². The molecule has 2 aromatic rings. The summed E-state index contributed by atoms with van der Waals surface area (Å²) in [5.41, 5.74) is 6.24. The Hall–Kier alpha value is -2.01. The summed E-state index contributed by atoms with van der Waals surface area (Å²) in [4.78, 5) is 12.4. The largest absolute Gasteiger partial charge is 0.396 e. The van der Waals surface area contributed by atoms with E-state index in [0.29, 0.717) is 4.90 Å². The molecule has 3 nitrogen and oxygen atoms in total. The highest BCUT2D eigenvalue weighted by molar-refractivity contribution is 8.00. The molecule has 0 radical (unpaired) electrons. The third kappa shape index (κ3) is 3.99. The van der Waals surface area contributed by atoms with Crippen molar-refractivity contribution in [1.82, 2.24) is 0 Å². The zero-order valence-corrected chi connectivity index (χ0v) is 10.9. The summed E-state index contributed by atoms with van der Waals surface area (Å²) in [6.45, 7) is 0. The van der Waals surface area contributed by atoms with Crippen LogP contribution in [0.5, 0.6) is 0 Å². The highest BCUT2D eigenvalue weighted by Crippen LogP contribution is 2.22. The third-order valence-corrected chi connectivity index (χ3v) is 3.39. The van der Waals surface area contributed by atoms with Crippen LogP contribution in [-0.2, 0) is 4.79 Å². The van der Waals surface area contributed by atoms with Gasteiger partial charge in [-0.25, -0.2) is 4.39 Å². The first-order chi connectivity index (χ1) is 9.15. The van der Waals surface area contributed by atoms with Gasteiger partial charge >= 0.3 is 0 Å². The lowest BCUT2D eigenvalue weighted by molar-refractivity contribution is -0.113. The van der Waals surface area contributed by atoms with Crippen molar-refractivity contribution in [2.75, 3.05) is 16.8 Å². The van der Waals surface area contributed by atoms with Crippen LogP contribution in [0, 0.1) is 5.82 Å². The van der Waals surface area contributed by atoms with E-state index in [9.17, 15) is 9.18 Å². The van der Waals surface area contributed by atoms with Crippen LogP contribution in [0.1, 0.15) is 0 Å². The Morgan fingerprint density at radius 2 is 1.95 bits per heavy atom. The molecule has 3 N–H and O–H groups in total. The maximum atomic E-state index is 13.2. The Balaban J connectivity index is 1.88. The van der Waals surface area contributed by atoms with Crippen LogP contribution in [0.25, 0.3) is 0 Å². The molecule has 0 spiro atoms. The zero-order valence-electron chi connectivity index (χ0n) is 10.1. The fraction of sp³-hybridized carbons (Fsp3) is 0.0714. The second kappa shape index (κ2) is 6.24. The van der Waals surface area contributed by atoms with E-state index in [1.807, 2.05) is 30.3 Å². The Labute approximate surface area is 115 Å². The molecule has 0 aromatic heterocycles. The van der Waals surface area contributed by atoms with Crippen LogP contribution < -0.4 is 11.1 Å². The number of nitrogen functional groups attached to an aromatic ring is 1. The van der Waals surface area contributed by atoms with Gasteiger partial charge in [0.25, 0.3) is 0 Å². The van der Waals surface area contributed by atoms with E-state index in [1.54, 1.807) is 6.07 Å². The van der Waals surface area contributed by atoms with Crippen LogP contribution in [0.3, 0.4) is 0 Å². The van der Waals surface area contributed by atoms with Crippen molar-refractivity contribution >= 4 is 29.0 Å². The van der Waals surface area contributed by atoms with E-state index in [0.717, 1.165) is 5.69 Å². The van der Waals surface area contributed by atoms with Crippen molar-refractivity contribution in [3.8, 4) is 0 Å². The molecule has 2 rings (SSSR count). The van der Waals surface area contributed by atoms with E-state index < -0.39 is 5.82 Å². The predicted molar refractivity (Wildman–Crippen MR) is 76.6 cm³/mol. The van der Waals surface area contributed by atoms with Crippen molar-refractivity contribution in [2.24, 2.45) is 0 Å². The molecule has 0 bridgehead atoms. The van der Waals surface area contributed by atoms with E-state index in [4.69, 9.17) is 5.73 Å². The second-order valence-corrected chi connectivity index (χ2v) is 4.93. The fourth-order valence-electron chi connectivity index (χ4n) is 1.47. The van der Waals surface area contributed by atoms with Crippen LogP contribution in [0.2, 0.25) is 0 Å². The number of benzene rings is 2. The van der Waals surface area contributed by atoms with Crippen molar-refractivity contribution in [2.45, 2.75) is 4.90 Å². The standard InChI is InChI=1S/C14H13FN2OS/c15-12-8-11(6-7-13(12)16)19-9-14(18)17-10-4-2-1-3-5-10/h1-8H,9,16H2,(H,17,18). The highest BCUT2D eigenvalue weighted by atomic mass is 32.2. The summed E-state index contributed by atoms with van der Waals surface area (Å²) in [5.74, 6) is -0.375. The van der Waals surface area contributed by atoms with Crippen LogP contribution >= 0.6 is 11.8 Å². The molecule has 0 saturated carbocycles. The van der Waals surface area contributed by atoms with E-state index in [2.05, 4.69) is 5.32 Å². The second-order valence-electron chi connectivity index (χ2n) is 3.89. The summed E-state index contributed by atoms with van der Waals surface area (Å²) in [5, 5.41) is 2.76. The van der Waals surface area contributed by atoms with Gasteiger partial charge < -0.3 is 11.1 Å². The van der Waals surface area contributed by atoms with Gasteiger partial charge in [0, 0.05) is 10.6 Å². The minimum Gasteiger partial charge on any atom is -0.396 e. The van der Waals surface area contributed by atoms with E-state index in [1.165, 1.54) is 23.9 Å². The molecule has 98 valence electrons. The van der Waals surface area contributed by atoms with Gasteiger partial charge in [0.05, 0.1) is 11.4 Å². The number of hydrogen-bond donors (Lipinski definition) is 2. The van der Waals surface area contributed by atoms with Crippen LogP contribution in [0.4, 0.5) is 15.8 Å². The number of carbonyl (C=O) groups excluding carboxylic acids is 1. The molecule has 0 unspecified atom stereocenters. The summed E-state index contributed by atoms with van der Waals surface area (Å²) in [7, 11) is 0. The number of anilines is 2. The molecule has 0 atom stereocenters. The van der Waals surface area contributed by atoms with E-state index >= 15 is 0 Å². The summed E-state index contributed by atoms with van der Waals surface area (Å²) in [6.07, 6.45) is 0. The van der Waals surface area contributed by atoms with Crippen molar-refractivity contribution < 1.29 is 9.18 Å². The van der Waals surface area contributed by atoms with Gasteiger partial charge in [-0.3, -0.25) is 4.79 Å². The number of carbonyl (C=O) groups is 1.